The topological polar surface area (TPSA) is 78.9 Å². The smallest absolute Gasteiger partial charge is 0.238 e. The molecule has 3 N–H and O–H groups in total. The number of nitrogens with zero attached hydrogens (tertiary/aromatic N) is 2. The second kappa shape index (κ2) is 5.38. The lowest BCUT2D eigenvalue weighted by Gasteiger charge is -2.36. The normalized spacial score (nSPS) is 30.7. The van der Waals surface area contributed by atoms with Gasteiger partial charge in [0.1, 0.15) is 5.84 Å². The van der Waals surface area contributed by atoms with Crippen molar-refractivity contribution < 1.29 is 10.0 Å². The average molecular weight is 271 g/mol. The summed E-state index contributed by atoms with van der Waals surface area (Å²) in [4.78, 5) is 14.4. The summed E-state index contributed by atoms with van der Waals surface area (Å²) in [6.07, 6.45) is 3.70. The fraction of sp³-hybridized carbons (Fsp3) is 0.833. The molecule has 5 nitrogen and oxygen atoms in total. The lowest BCUT2D eigenvalue weighted by atomic mass is 9.94. The van der Waals surface area contributed by atoms with Gasteiger partial charge in [0, 0.05) is 19.0 Å². The summed E-state index contributed by atoms with van der Waals surface area (Å²) in [6.45, 7) is 3.49. The van der Waals surface area contributed by atoms with Crippen LogP contribution in [0.15, 0.2) is 5.16 Å². The van der Waals surface area contributed by atoms with Gasteiger partial charge in [-0.15, -0.1) is 11.8 Å². The molecule has 0 saturated carbocycles. The van der Waals surface area contributed by atoms with Gasteiger partial charge in [0.15, 0.2) is 0 Å². The lowest BCUT2D eigenvalue weighted by molar-refractivity contribution is -0.134. The first kappa shape index (κ1) is 13.5. The zero-order chi connectivity index (χ0) is 13.2. The minimum atomic E-state index is -0.219. The van der Waals surface area contributed by atoms with Crippen molar-refractivity contribution in [2.45, 2.75) is 37.4 Å². The number of thioether (sulfide) groups is 1. The van der Waals surface area contributed by atoms with Crippen LogP contribution < -0.4 is 5.73 Å². The predicted molar refractivity (Wildman–Crippen MR) is 72.8 cm³/mol. The first-order valence-electron chi connectivity index (χ1n) is 6.47. The van der Waals surface area contributed by atoms with Gasteiger partial charge in [-0.1, -0.05) is 5.16 Å². The Morgan fingerprint density at radius 2 is 2.17 bits per heavy atom. The highest BCUT2D eigenvalue weighted by molar-refractivity contribution is 8.01. The number of rotatable bonds is 2. The third kappa shape index (κ3) is 2.58. The number of piperidine rings is 1. The molecule has 102 valence electrons. The van der Waals surface area contributed by atoms with Gasteiger partial charge < -0.3 is 15.8 Å². The monoisotopic (exact) mass is 271 g/mol. The number of oxime groups is 1. The maximum absolute atomic E-state index is 12.5. The Balaban J connectivity index is 1.91. The molecule has 0 aliphatic carbocycles. The van der Waals surface area contributed by atoms with Crippen LogP contribution in [0.3, 0.4) is 0 Å². The summed E-state index contributed by atoms with van der Waals surface area (Å²) in [5.41, 5.74) is 5.61. The standard InChI is InChI=1S/C12H21N3O2S/c1-12(5-2-8-18-12)11(16)15-6-3-9(4-7-15)10(13)14-17/h9,17H,2-8H2,1H3,(H2,13,14). The van der Waals surface area contributed by atoms with Crippen LogP contribution in [0, 0.1) is 5.92 Å². The third-order valence-corrected chi connectivity index (χ3v) is 5.50. The van der Waals surface area contributed by atoms with Crippen LogP contribution in [-0.2, 0) is 4.79 Å². The largest absolute Gasteiger partial charge is 0.409 e. The molecular weight excluding hydrogens is 250 g/mol. The van der Waals surface area contributed by atoms with E-state index in [-0.39, 0.29) is 16.6 Å². The van der Waals surface area contributed by atoms with E-state index in [1.54, 1.807) is 11.8 Å². The Bertz CT molecular complexity index is 345. The van der Waals surface area contributed by atoms with E-state index in [0.29, 0.717) is 5.84 Å². The van der Waals surface area contributed by atoms with Gasteiger partial charge in [0.2, 0.25) is 5.91 Å². The predicted octanol–water partition coefficient (Wildman–Crippen LogP) is 1.26. The molecule has 18 heavy (non-hydrogen) atoms. The van der Waals surface area contributed by atoms with Crippen molar-refractivity contribution in [2.75, 3.05) is 18.8 Å². The molecule has 2 heterocycles. The zero-order valence-corrected chi connectivity index (χ0v) is 11.6. The van der Waals surface area contributed by atoms with Crippen molar-refractivity contribution in [1.82, 2.24) is 4.90 Å². The average Bonchev–Trinajstić information content (AvgIpc) is 2.85. The van der Waals surface area contributed by atoms with Crippen LogP contribution in [0.4, 0.5) is 0 Å². The van der Waals surface area contributed by atoms with E-state index in [1.807, 2.05) is 4.90 Å². The van der Waals surface area contributed by atoms with E-state index in [0.717, 1.165) is 44.5 Å². The SMILES string of the molecule is CC1(C(=O)N2CCC(C(N)=NO)CC2)CCCS1. The van der Waals surface area contributed by atoms with Crippen molar-refractivity contribution in [1.29, 1.82) is 0 Å². The molecule has 2 aliphatic rings. The highest BCUT2D eigenvalue weighted by Crippen LogP contribution is 2.39. The van der Waals surface area contributed by atoms with E-state index in [2.05, 4.69) is 12.1 Å². The second-order valence-electron chi connectivity index (χ2n) is 5.27. The molecule has 1 unspecified atom stereocenters. The Morgan fingerprint density at radius 1 is 1.50 bits per heavy atom. The molecule has 0 spiro atoms. The van der Waals surface area contributed by atoms with Crippen LogP contribution >= 0.6 is 11.8 Å². The number of nitrogens with two attached hydrogens (primary N) is 1. The molecule has 0 bridgehead atoms. The van der Waals surface area contributed by atoms with Crippen molar-refractivity contribution in [3.63, 3.8) is 0 Å². The van der Waals surface area contributed by atoms with Crippen LogP contribution in [-0.4, -0.2) is 45.4 Å². The number of hydrogen-bond donors (Lipinski definition) is 2. The van der Waals surface area contributed by atoms with Crippen molar-refractivity contribution >= 4 is 23.5 Å². The highest BCUT2D eigenvalue weighted by atomic mass is 32.2. The lowest BCUT2D eigenvalue weighted by Crippen LogP contribution is -2.48. The number of hydrogen-bond acceptors (Lipinski definition) is 4. The molecule has 1 atom stereocenters. The van der Waals surface area contributed by atoms with Crippen LogP contribution in [0.5, 0.6) is 0 Å². The summed E-state index contributed by atoms with van der Waals surface area (Å²) in [5.74, 6) is 1.76. The zero-order valence-electron chi connectivity index (χ0n) is 10.8. The molecule has 2 fully saturated rings. The Kier molecular flexibility index (Phi) is 4.04. The first-order valence-corrected chi connectivity index (χ1v) is 7.46. The summed E-state index contributed by atoms with van der Waals surface area (Å²) < 4.78 is -0.219. The minimum absolute atomic E-state index is 0.114. The second-order valence-corrected chi connectivity index (χ2v) is 6.87. The van der Waals surface area contributed by atoms with Crippen LogP contribution in [0.2, 0.25) is 0 Å². The molecular formula is C12H21N3O2S. The molecule has 2 rings (SSSR count). The van der Waals surface area contributed by atoms with Crippen molar-refractivity contribution in [3.8, 4) is 0 Å². The molecule has 6 heteroatoms. The molecule has 2 saturated heterocycles. The summed E-state index contributed by atoms with van der Waals surface area (Å²) in [5, 5.41) is 11.7. The van der Waals surface area contributed by atoms with Gasteiger partial charge in [-0.3, -0.25) is 4.79 Å². The Labute approximate surface area is 112 Å². The minimum Gasteiger partial charge on any atom is -0.409 e. The molecule has 0 aromatic carbocycles. The maximum Gasteiger partial charge on any atom is 0.238 e. The Hall–Kier alpha value is -0.910. The Morgan fingerprint density at radius 3 is 2.67 bits per heavy atom. The number of carbonyl (C=O) groups excluding carboxylic acids is 1. The van der Waals surface area contributed by atoms with E-state index >= 15 is 0 Å². The fourth-order valence-corrected chi connectivity index (χ4v) is 4.02. The molecule has 1 amide bonds. The van der Waals surface area contributed by atoms with Gasteiger partial charge in [-0.25, -0.2) is 0 Å². The molecule has 0 aromatic rings. The number of likely N-dealkylation sites (tertiary alicyclic amines) is 1. The quantitative estimate of drug-likeness (QED) is 0.343. The maximum atomic E-state index is 12.5. The van der Waals surface area contributed by atoms with Gasteiger partial charge >= 0.3 is 0 Å². The van der Waals surface area contributed by atoms with Gasteiger partial charge in [0.05, 0.1) is 4.75 Å². The number of carbonyl (C=O) groups is 1. The van der Waals surface area contributed by atoms with E-state index in [4.69, 9.17) is 10.9 Å². The third-order valence-electron chi connectivity index (χ3n) is 3.99. The summed E-state index contributed by atoms with van der Waals surface area (Å²) >= 11 is 1.78. The highest BCUT2D eigenvalue weighted by Gasteiger charge is 2.41. The van der Waals surface area contributed by atoms with Gasteiger partial charge in [-0.05, 0) is 38.4 Å². The van der Waals surface area contributed by atoms with Crippen LogP contribution in [0.25, 0.3) is 0 Å². The van der Waals surface area contributed by atoms with Gasteiger partial charge in [0.25, 0.3) is 0 Å². The van der Waals surface area contributed by atoms with E-state index in [9.17, 15) is 4.79 Å². The van der Waals surface area contributed by atoms with Crippen molar-refractivity contribution in [3.05, 3.63) is 0 Å². The van der Waals surface area contributed by atoms with Crippen LogP contribution in [0.1, 0.15) is 32.6 Å². The van der Waals surface area contributed by atoms with E-state index < -0.39 is 0 Å². The molecule has 0 aromatic heterocycles. The van der Waals surface area contributed by atoms with Gasteiger partial charge in [-0.2, -0.15) is 0 Å². The van der Waals surface area contributed by atoms with E-state index in [1.165, 1.54) is 0 Å². The van der Waals surface area contributed by atoms with Crippen molar-refractivity contribution in [2.24, 2.45) is 16.8 Å². The first-order chi connectivity index (χ1) is 8.57. The summed E-state index contributed by atoms with van der Waals surface area (Å²) in [7, 11) is 0. The summed E-state index contributed by atoms with van der Waals surface area (Å²) in [6, 6.07) is 0. The number of amidine groups is 1. The molecule has 2 aliphatic heterocycles. The molecule has 0 radical (unpaired) electrons. The number of amides is 1. The fourth-order valence-electron chi connectivity index (χ4n) is 2.74.